The van der Waals surface area contributed by atoms with Crippen LogP contribution in [0.3, 0.4) is 0 Å². The molecule has 0 aliphatic carbocycles. The highest BCUT2D eigenvalue weighted by atomic mass is 16.2. The van der Waals surface area contributed by atoms with E-state index in [1.54, 1.807) is 4.90 Å². The molecule has 2 amide bonds. The molecule has 0 spiro atoms. The molecule has 0 aromatic carbocycles. The lowest BCUT2D eigenvalue weighted by Gasteiger charge is -2.22. The molecule has 0 bridgehead atoms. The van der Waals surface area contributed by atoms with E-state index >= 15 is 0 Å². The Morgan fingerprint density at radius 2 is 1.86 bits per heavy atom. The molecule has 2 rings (SSSR count). The number of carbonyl (C=O) groups excluding carboxylic acids is 2. The molecule has 0 saturated carbocycles. The number of aromatic amines is 1. The second kappa shape index (κ2) is 7.20. The van der Waals surface area contributed by atoms with Gasteiger partial charge in [0.05, 0.1) is 0 Å². The maximum atomic E-state index is 12.4. The average molecular weight is 306 g/mol. The van der Waals surface area contributed by atoms with Crippen molar-refractivity contribution in [1.29, 1.82) is 0 Å². The van der Waals surface area contributed by atoms with E-state index in [4.69, 9.17) is 0 Å². The molecule has 1 N–H and O–H groups in total. The van der Waals surface area contributed by atoms with Gasteiger partial charge < -0.3 is 9.80 Å². The van der Waals surface area contributed by atoms with Crippen molar-refractivity contribution in [2.24, 2.45) is 5.92 Å². The summed E-state index contributed by atoms with van der Waals surface area (Å²) in [5.74, 6) is 0.264. The summed E-state index contributed by atoms with van der Waals surface area (Å²) in [7, 11) is 0. The van der Waals surface area contributed by atoms with Crippen molar-refractivity contribution in [3.63, 3.8) is 0 Å². The van der Waals surface area contributed by atoms with Crippen molar-refractivity contribution in [3.8, 4) is 0 Å². The van der Waals surface area contributed by atoms with Gasteiger partial charge in [0.25, 0.3) is 11.5 Å². The van der Waals surface area contributed by atoms with Gasteiger partial charge in [0.2, 0.25) is 5.91 Å². The number of rotatable bonds is 3. The van der Waals surface area contributed by atoms with Gasteiger partial charge in [-0.05, 0) is 18.4 Å². The molecule has 2 heterocycles. The highest BCUT2D eigenvalue weighted by Crippen LogP contribution is 2.10. The largest absolute Gasteiger partial charge is 0.341 e. The van der Waals surface area contributed by atoms with E-state index in [0.29, 0.717) is 38.5 Å². The number of hydrogen-bond acceptors (Lipinski definition) is 4. The third kappa shape index (κ3) is 4.16. The Morgan fingerprint density at radius 3 is 2.50 bits per heavy atom. The SMILES string of the molecule is CC(C)CC(=O)N1CCCN(C(=O)c2ccc(=O)[nH]n2)CC1. The molecule has 1 aromatic rings. The second-order valence-electron chi connectivity index (χ2n) is 5.93. The zero-order valence-electron chi connectivity index (χ0n) is 13.0. The van der Waals surface area contributed by atoms with Gasteiger partial charge in [0.1, 0.15) is 5.69 Å². The summed E-state index contributed by atoms with van der Waals surface area (Å²) in [6, 6.07) is 2.71. The minimum atomic E-state index is -0.335. The van der Waals surface area contributed by atoms with Crippen LogP contribution in [-0.2, 0) is 4.79 Å². The zero-order valence-corrected chi connectivity index (χ0v) is 13.0. The highest BCUT2D eigenvalue weighted by molar-refractivity contribution is 5.92. The maximum absolute atomic E-state index is 12.4. The van der Waals surface area contributed by atoms with Crippen LogP contribution < -0.4 is 5.56 Å². The Morgan fingerprint density at radius 1 is 1.18 bits per heavy atom. The number of nitrogens with one attached hydrogen (secondary N) is 1. The fourth-order valence-electron chi connectivity index (χ4n) is 2.47. The van der Waals surface area contributed by atoms with E-state index in [1.807, 2.05) is 18.7 Å². The Labute approximate surface area is 129 Å². The summed E-state index contributed by atoms with van der Waals surface area (Å²) in [5, 5.41) is 6.03. The highest BCUT2D eigenvalue weighted by Gasteiger charge is 2.23. The van der Waals surface area contributed by atoms with Crippen LogP contribution in [-0.4, -0.2) is 58.0 Å². The predicted molar refractivity (Wildman–Crippen MR) is 81.4 cm³/mol. The number of amides is 2. The van der Waals surface area contributed by atoms with Crippen LogP contribution in [0.15, 0.2) is 16.9 Å². The lowest BCUT2D eigenvalue weighted by atomic mass is 10.1. The molecule has 7 nitrogen and oxygen atoms in total. The molecule has 7 heteroatoms. The third-order valence-electron chi connectivity index (χ3n) is 3.62. The van der Waals surface area contributed by atoms with Gasteiger partial charge in [-0.1, -0.05) is 13.8 Å². The van der Waals surface area contributed by atoms with Crippen LogP contribution in [0.2, 0.25) is 0 Å². The van der Waals surface area contributed by atoms with Gasteiger partial charge in [0.15, 0.2) is 0 Å². The molecule has 22 heavy (non-hydrogen) atoms. The summed E-state index contributed by atoms with van der Waals surface area (Å²) in [6.45, 7) is 6.34. The Hall–Kier alpha value is -2.18. The summed E-state index contributed by atoms with van der Waals surface area (Å²) in [4.78, 5) is 39.0. The van der Waals surface area contributed by atoms with Crippen LogP contribution >= 0.6 is 0 Å². The van der Waals surface area contributed by atoms with E-state index in [-0.39, 0.29) is 23.1 Å². The Kier molecular flexibility index (Phi) is 5.30. The number of nitrogens with zero attached hydrogens (tertiary/aromatic N) is 3. The normalized spacial score (nSPS) is 15.8. The number of aromatic nitrogens is 2. The first kappa shape index (κ1) is 16.2. The second-order valence-corrected chi connectivity index (χ2v) is 5.93. The van der Waals surface area contributed by atoms with E-state index in [1.165, 1.54) is 12.1 Å². The molecular weight excluding hydrogens is 284 g/mol. The standard InChI is InChI=1S/C15H22N4O3/c1-11(2)10-14(21)18-6-3-7-19(9-8-18)15(22)12-4-5-13(20)17-16-12/h4-5,11H,3,6-10H2,1-2H3,(H,17,20). The van der Waals surface area contributed by atoms with Crippen LogP contribution in [0.5, 0.6) is 0 Å². The van der Waals surface area contributed by atoms with Crippen molar-refractivity contribution >= 4 is 11.8 Å². The summed E-state index contributed by atoms with van der Waals surface area (Å²) < 4.78 is 0. The minimum Gasteiger partial charge on any atom is -0.341 e. The minimum absolute atomic E-state index is 0.145. The summed E-state index contributed by atoms with van der Waals surface area (Å²) >= 11 is 0. The fourth-order valence-corrected chi connectivity index (χ4v) is 2.47. The Bertz CT molecular complexity index is 576. The van der Waals surface area contributed by atoms with Gasteiger partial charge in [-0.3, -0.25) is 14.4 Å². The third-order valence-corrected chi connectivity index (χ3v) is 3.62. The first-order valence-electron chi connectivity index (χ1n) is 7.60. The van der Waals surface area contributed by atoms with Crippen molar-refractivity contribution in [3.05, 3.63) is 28.2 Å². The Balaban J connectivity index is 1.97. The molecule has 1 saturated heterocycles. The summed E-state index contributed by atoms with van der Waals surface area (Å²) in [5.41, 5.74) is -0.112. The number of H-pyrrole nitrogens is 1. The van der Waals surface area contributed by atoms with Gasteiger partial charge >= 0.3 is 0 Å². The van der Waals surface area contributed by atoms with Crippen LogP contribution in [0.4, 0.5) is 0 Å². The summed E-state index contributed by atoms with van der Waals surface area (Å²) in [6.07, 6.45) is 1.29. The molecule has 0 atom stereocenters. The maximum Gasteiger partial charge on any atom is 0.274 e. The van der Waals surface area contributed by atoms with Crippen molar-refractivity contribution in [1.82, 2.24) is 20.0 Å². The monoisotopic (exact) mass is 306 g/mol. The molecule has 1 aromatic heterocycles. The molecular formula is C15H22N4O3. The predicted octanol–water partition coefficient (Wildman–Crippen LogP) is 0.491. The van der Waals surface area contributed by atoms with E-state index in [9.17, 15) is 14.4 Å². The number of hydrogen-bond donors (Lipinski definition) is 1. The van der Waals surface area contributed by atoms with Gasteiger partial charge in [-0.25, -0.2) is 5.10 Å². The zero-order chi connectivity index (χ0) is 16.1. The molecule has 120 valence electrons. The van der Waals surface area contributed by atoms with Crippen molar-refractivity contribution < 1.29 is 9.59 Å². The molecule has 0 unspecified atom stereocenters. The molecule has 1 aliphatic rings. The number of carbonyl (C=O) groups is 2. The first-order valence-corrected chi connectivity index (χ1v) is 7.60. The van der Waals surface area contributed by atoms with E-state index < -0.39 is 0 Å². The molecule has 1 fully saturated rings. The van der Waals surface area contributed by atoms with E-state index in [2.05, 4.69) is 10.2 Å². The van der Waals surface area contributed by atoms with Gasteiger partial charge in [-0.2, -0.15) is 5.10 Å². The van der Waals surface area contributed by atoms with Gasteiger partial charge in [-0.15, -0.1) is 0 Å². The van der Waals surface area contributed by atoms with Crippen LogP contribution in [0.25, 0.3) is 0 Å². The lowest BCUT2D eigenvalue weighted by Crippen LogP contribution is -2.38. The quantitative estimate of drug-likeness (QED) is 0.880. The van der Waals surface area contributed by atoms with Gasteiger partial charge in [0, 0.05) is 38.7 Å². The smallest absolute Gasteiger partial charge is 0.274 e. The van der Waals surface area contributed by atoms with Crippen molar-refractivity contribution in [2.75, 3.05) is 26.2 Å². The topological polar surface area (TPSA) is 86.4 Å². The average Bonchev–Trinajstić information content (AvgIpc) is 2.72. The van der Waals surface area contributed by atoms with Crippen molar-refractivity contribution in [2.45, 2.75) is 26.7 Å². The lowest BCUT2D eigenvalue weighted by molar-refractivity contribution is -0.131. The fraction of sp³-hybridized carbons (Fsp3) is 0.600. The van der Waals surface area contributed by atoms with E-state index in [0.717, 1.165) is 6.42 Å². The molecule has 1 aliphatic heterocycles. The first-order chi connectivity index (χ1) is 10.5. The molecule has 0 radical (unpaired) electrons. The van der Waals surface area contributed by atoms with Crippen LogP contribution in [0, 0.1) is 5.92 Å². The van der Waals surface area contributed by atoms with Crippen LogP contribution in [0.1, 0.15) is 37.2 Å².